The number of unbranched alkanes of at least 4 members (excludes halogenated alkanes) is 1. The highest BCUT2D eigenvalue weighted by molar-refractivity contribution is 4.56. The molecule has 3 heteroatoms. The zero-order chi connectivity index (χ0) is 11.5. The molecular formula is C12H28N2O. The lowest BCUT2D eigenvalue weighted by Gasteiger charge is -2.11. The SMILES string of the molecule is COC(C)CNCCCCNCC(C)C. The van der Waals surface area contributed by atoms with Crippen molar-refractivity contribution in [1.29, 1.82) is 0 Å². The van der Waals surface area contributed by atoms with E-state index in [2.05, 4.69) is 31.4 Å². The van der Waals surface area contributed by atoms with Gasteiger partial charge < -0.3 is 15.4 Å². The molecule has 0 bridgehead atoms. The van der Waals surface area contributed by atoms with E-state index in [0.29, 0.717) is 6.10 Å². The highest BCUT2D eigenvalue weighted by atomic mass is 16.5. The lowest BCUT2D eigenvalue weighted by Crippen LogP contribution is -2.27. The maximum Gasteiger partial charge on any atom is 0.0667 e. The third-order valence-corrected chi connectivity index (χ3v) is 2.34. The second-order valence-electron chi connectivity index (χ2n) is 4.56. The van der Waals surface area contributed by atoms with E-state index in [4.69, 9.17) is 4.74 Å². The van der Waals surface area contributed by atoms with Gasteiger partial charge in [0.15, 0.2) is 0 Å². The molecule has 0 aliphatic rings. The van der Waals surface area contributed by atoms with Crippen molar-refractivity contribution in [1.82, 2.24) is 10.6 Å². The molecule has 15 heavy (non-hydrogen) atoms. The number of ether oxygens (including phenoxy) is 1. The normalized spacial score (nSPS) is 13.4. The van der Waals surface area contributed by atoms with Gasteiger partial charge >= 0.3 is 0 Å². The Morgan fingerprint density at radius 3 is 1.93 bits per heavy atom. The van der Waals surface area contributed by atoms with Crippen molar-refractivity contribution in [2.75, 3.05) is 33.3 Å². The molecule has 0 radical (unpaired) electrons. The third-order valence-electron chi connectivity index (χ3n) is 2.34. The van der Waals surface area contributed by atoms with Gasteiger partial charge in [0.1, 0.15) is 0 Å². The maximum atomic E-state index is 5.15. The molecule has 0 aliphatic carbocycles. The summed E-state index contributed by atoms with van der Waals surface area (Å²) in [5.41, 5.74) is 0. The molecule has 1 atom stereocenters. The molecule has 0 saturated heterocycles. The van der Waals surface area contributed by atoms with Gasteiger partial charge in [-0.15, -0.1) is 0 Å². The van der Waals surface area contributed by atoms with E-state index in [9.17, 15) is 0 Å². The van der Waals surface area contributed by atoms with Crippen LogP contribution < -0.4 is 10.6 Å². The summed E-state index contributed by atoms with van der Waals surface area (Å²) in [6.07, 6.45) is 2.81. The first-order chi connectivity index (χ1) is 7.16. The Morgan fingerprint density at radius 2 is 1.47 bits per heavy atom. The molecule has 0 saturated carbocycles. The fourth-order valence-corrected chi connectivity index (χ4v) is 1.28. The largest absolute Gasteiger partial charge is 0.380 e. The van der Waals surface area contributed by atoms with E-state index in [1.54, 1.807) is 7.11 Å². The van der Waals surface area contributed by atoms with Gasteiger partial charge in [0, 0.05) is 13.7 Å². The van der Waals surface area contributed by atoms with Crippen LogP contribution in [0.25, 0.3) is 0 Å². The van der Waals surface area contributed by atoms with Gasteiger partial charge in [-0.1, -0.05) is 13.8 Å². The van der Waals surface area contributed by atoms with Crippen LogP contribution in [0, 0.1) is 5.92 Å². The lowest BCUT2D eigenvalue weighted by atomic mass is 10.2. The monoisotopic (exact) mass is 216 g/mol. The van der Waals surface area contributed by atoms with Crippen LogP contribution in [0.1, 0.15) is 33.6 Å². The second kappa shape index (κ2) is 10.4. The highest BCUT2D eigenvalue weighted by Crippen LogP contribution is 1.90. The van der Waals surface area contributed by atoms with Crippen molar-refractivity contribution in [3.63, 3.8) is 0 Å². The predicted molar refractivity (Wildman–Crippen MR) is 66.3 cm³/mol. The first-order valence-corrected chi connectivity index (χ1v) is 6.11. The van der Waals surface area contributed by atoms with Gasteiger partial charge in [-0.25, -0.2) is 0 Å². The topological polar surface area (TPSA) is 33.3 Å². The highest BCUT2D eigenvalue weighted by Gasteiger charge is 1.97. The molecule has 0 heterocycles. The van der Waals surface area contributed by atoms with Crippen molar-refractivity contribution in [3.8, 4) is 0 Å². The molecule has 92 valence electrons. The van der Waals surface area contributed by atoms with Crippen LogP contribution in [0.3, 0.4) is 0 Å². The Hall–Kier alpha value is -0.120. The van der Waals surface area contributed by atoms with E-state index >= 15 is 0 Å². The van der Waals surface area contributed by atoms with Crippen LogP contribution in [0.5, 0.6) is 0 Å². The van der Waals surface area contributed by atoms with Crippen molar-refractivity contribution >= 4 is 0 Å². The van der Waals surface area contributed by atoms with Crippen LogP contribution in [0.15, 0.2) is 0 Å². The molecular weight excluding hydrogens is 188 g/mol. The minimum Gasteiger partial charge on any atom is -0.380 e. The van der Waals surface area contributed by atoms with Gasteiger partial charge in [0.25, 0.3) is 0 Å². The predicted octanol–water partition coefficient (Wildman–Crippen LogP) is 1.64. The molecule has 0 amide bonds. The van der Waals surface area contributed by atoms with Gasteiger partial charge in [0.05, 0.1) is 6.10 Å². The number of rotatable bonds is 10. The molecule has 0 aromatic heterocycles. The molecule has 0 spiro atoms. The molecule has 0 aliphatic heterocycles. The van der Waals surface area contributed by atoms with E-state index in [0.717, 1.165) is 32.1 Å². The van der Waals surface area contributed by atoms with Crippen molar-refractivity contribution in [2.24, 2.45) is 5.92 Å². The van der Waals surface area contributed by atoms with E-state index in [1.165, 1.54) is 12.8 Å². The standard InChI is InChI=1S/C12H28N2O/c1-11(2)9-13-7-5-6-8-14-10-12(3)15-4/h11-14H,5-10H2,1-4H3. The summed E-state index contributed by atoms with van der Waals surface area (Å²) in [7, 11) is 1.75. The fourth-order valence-electron chi connectivity index (χ4n) is 1.28. The summed E-state index contributed by atoms with van der Waals surface area (Å²) < 4.78 is 5.15. The summed E-state index contributed by atoms with van der Waals surface area (Å²) in [5, 5.41) is 6.83. The fraction of sp³-hybridized carbons (Fsp3) is 1.00. The first-order valence-electron chi connectivity index (χ1n) is 6.11. The Balaban J connectivity index is 2.99. The number of hydrogen-bond donors (Lipinski definition) is 2. The molecule has 3 nitrogen and oxygen atoms in total. The number of methoxy groups -OCH3 is 1. The quantitative estimate of drug-likeness (QED) is 0.545. The smallest absolute Gasteiger partial charge is 0.0667 e. The van der Waals surface area contributed by atoms with Crippen molar-refractivity contribution in [3.05, 3.63) is 0 Å². The summed E-state index contributed by atoms with van der Waals surface area (Å²) in [5.74, 6) is 0.755. The van der Waals surface area contributed by atoms with Crippen LogP contribution in [0.2, 0.25) is 0 Å². The lowest BCUT2D eigenvalue weighted by molar-refractivity contribution is 0.117. The maximum absolute atomic E-state index is 5.15. The van der Waals surface area contributed by atoms with Gasteiger partial charge in [0.2, 0.25) is 0 Å². The Kier molecular flexibility index (Phi) is 10.3. The zero-order valence-corrected chi connectivity index (χ0v) is 10.8. The Labute approximate surface area is 95.0 Å². The van der Waals surface area contributed by atoms with E-state index < -0.39 is 0 Å². The van der Waals surface area contributed by atoms with Gasteiger partial charge in [-0.2, -0.15) is 0 Å². The molecule has 2 N–H and O–H groups in total. The minimum absolute atomic E-state index is 0.323. The summed E-state index contributed by atoms with van der Waals surface area (Å²) in [6.45, 7) is 10.9. The van der Waals surface area contributed by atoms with Crippen LogP contribution in [0.4, 0.5) is 0 Å². The van der Waals surface area contributed by atoms with Crippen LogP contribution >= 0.6 is 0 Å². The summed E-state index contributed by atoms with van der Waals surface area (Å²) in [4.78, 5) is 0. The molecule has 0 rings (SSSR count). The summed E-state index contributed by atoms with van der Waals surface area (Å²) in [6, 6.07) is 0. The first kappa shape index (κ1) is 14.9. The van der Waals surface area contributed by atoms with E-state index in [1.807, 2.05) is 0 Å². The molecule has 0 fully saturated rings. The number of hydrogen-bond acceptors (Lipinski definition) is 3. The molecule has 1 unspecified atom stereocenters. The molecule has 0 aromatic carbocycles. The minimum atomic E-state index is 0.323. The van der Waals surface area contributed by atoms with Gasteiger partial charge in [-0.3, -0.25) is 0 Å². The third kappa shape index (κ3) is 11.8. The van der Waals surface area contributed by atoms with Crippen molar-refractivity contribution in [2.45, 2.75) is 39.7 Å². The second-order valence-corrected chi connectivity index (χ2v) is 4.56. The van der Waals surface area contributed by atoms with Crippen LogP contribution in [-0.4, -0.2) is 39.4 Å². The average molecular weight is 216 g/mol. The van der Waals surface area contributed by atoms with Crippen LogP contribution in [-0.2, 0) is 4.74 Å². The number of nitrogens with one attached hydrogen (secondary N) is 2. The zero-order valence-electron chi connectivity index (χ0n) is 10.8. The average Bonchev–Trinajstić information content (AvgIpc) is 2.21. The Bertz CT molecular complexity index is 129. The van der Waals surface area contributed by atoms with E-state index in [-0.39, 0.29) is 0 Å². The van der Waals surface area contributed by atoms with Gasteiger partial charge in [-0.05, 0) is 45.3 Å². The van der Waals surface area contributed by atoms with Crippen molar-refractivity contribution < 1.29 is 4.74 Å². The molecule has 0 aromatic rings. The summed E-state index contributed by atoms with van der Waals surface area (Å²) >= 11 is 0. The Morgan fingerprint density at radius 1 is 0.933 bits per heavy atom.